The lowest BCUT2D eigenvalue weighted by Gasteiger charge is -2.33. The smallest absolute Gasteiger partial charge is 0.254 e. The molecule has 0 aliphatic carbocycles. The second-order valence-electron chi connectivity index (χ2n) is 7.05. The molecular weight excluding hydrogens is 302 g/mol. The first-order chi connectivity index (χ1) is 11.6. The molecule has 24 heavy (non-hydrogen) atoms. The molecule has 2 unspecified atom stereocenters. The van der Waals surface area contributed by atoms with E-state index in [2.05, 4.69) is 17.6 Å². The highest BCUT2D eigenvalue weighted by atomic mass is 16.2. The van der Waals surface area contributed by atoms with Crippen molar-refractivity contribution >= 4 is 17.5 Å². The number of hydrogen-bond donors (Lipinski definition) is 2. The topological polar surface area (TPSA) is 61.4 Å². The number of rotatable bonds is 3. The summed E-state index contributed by atoms with van der Waals surface area (Å²) in [5.41, 5.74) is 2.45. The summed E-state index contributed by atoms with van der Waals surface area (Å²) in [6.07, 6.45) is 4.24. The summed E-state index contributed by atoms with van der Waals surface area (Å²) in [7, 11) is 0. The maximum atomic E-state index is 12.7. The van der Waals surface area contributed by atoms with Gasteiger partial charge in [-0.25, -0.2) is 0 Å². The molecule has 0 aromatic heterocycles. The fourth-order valence-electron chi connectivity index (χ4n) is 3.62. The molecule has 2 heterocycles. The van der Waals surface area contributed by atoms with Crippen LogP contribution in [0.1, 0.15) is 48.5 Å². The number of nitrogens with one attached hydrogen (secondary N) is 2. The van der Waals surface area contributed by atoms with Crippen LogP contribution in [-0.4, -0.2) is 42.4 Å². The standard InChI is InChI=1S/C19H27N3O2/c1-13-11-15(19(24)22-10-4-3-5-14(22)2)6-7-17(13)21-18(23)16-8-9-20-12-16/h6-7,11,14,16,20H,3-5,8-10,12H2,1-2H3,(H,21,23). The summed E-state index contributed by atoms with van der Waals surface area (Å²) >= 11 is 0. The van der Waals surface area contributed by atoms with Crippen LogP contribution >= 0.6 is 0 Å². The van der Waals surface area contributed by atoms with Crippen molar-refractivity contribution in [3.8, 4) is 0 Å². The molecule has 5 nitrogen and oxygen atoms in total. The zero-order valence-electron chi connectivity index (χ0n) is 14.6. The number of aryl methyl sites for hydroxylation is 1. The van der Waals surface area contributed by atoms with Crippen LogP contribution in [0.25, 0.3) is 0 Å². The van der Waals surface area contributed by atoms with Crippen LogP contribution in [0.3, 0.4) is 0 Å². The minimum absolute atomic E-state index is 0.0416. The molecule has 3 rings (SSSR count). The first kappa shape index (κ1) is 17.0. The van der Waals surface area contributed by atoms with Gasteiger partial charge in [-0.15, -0.1) is 0 Å². The van der Waals surface area contributed by atoms with Crippen molar-refractivity contribution in [1.82, 2.24) is 10.2 Å². The number of anilines is 1. The maximum absolute atomic E-state index is 12.7. The molecule has 0 saturated carbocycles. The van der Waals surface area contributed by atoms with Crippen LogP contribution in [0.4, 0.5) is 5.69 Å². The molecule has 130 valence electrons. The molecule has 2 saturated heterocycles. The second kappa shape index (κ2) is 7.34. The Morgan fingerprint density at radius 2 is 2.08 bits per heavy atom. The summed E-state index contributed by atoms with van der Waals surface area (Å²) in [4.78, 5) is 27.0. The van der Waals surface area contributed by atoms with E-state index >= 15 is 0 Å². The van der Waals surface area contributed by atoms with Gasteiger partial charge in [-0.3, -0.25) is 9.59 Å². The number of piperidine rings is 1. The predicted octanol–water partition coefficient (Wildman–Crippen LogP) is 2.56. The van der Waals surface area contributed by atoms with Crippen molar-refractivity contribution in [2.75, 3.05) is 25.0 Å². The second-order valence-corrected chi connectivity index (χ2v) is 7.05. The van der Waals surface area contributed by atoms with Gasteiger partial charge in [0.05, 0.1) is 5.92 Å². The Bertz CT molecular complexity index is 623. The molecule has 0 radical (unpaired) electrons. The molecule has 2 atom stereocenters. The normalized spacial score (nSPS) is 24.0. The Hall–Kier alpha value is -1.88. The van der Waals surface area contributed by atoms with E-state index in [9.17, 15) is 9.59 Å². The van der Waals surface area contributed by atoms with Gasteiger partial charge in [-0.1, -0.05) is 0 Å². The van der Waals surface area contributed by atoms with Gasteiger partial charge < -0.3 is 15.5 Å². The maximum Gasteiger partial charge on any atom is 0.254 e. The highest BCUT2D eigenvalue weighted by molar-refractivity contribution is 5.97. The summed E-state index contributed by atoms with van der Waals surface area (Å²) in [5.74, 6) is 0.204. The third-order valence-corrected chi connectivity index (χ3v) is 5.23. The van der Waals surface area contributed by atoms with Crippen LogP contribution in [0, 0.1) is 12.8 Å². The molecule has 1 aromatic carbocycles. The van der Waals surface area contributed by atoms with E-state index in [0.29, 0.717) is 11.6 Å². The number of likely N-dealkylation sites (tertiary alicyclic amines) is 1. The highest BCUT2D eigenvalue weighted by Crippen LogP contribution is 2.23. The fourth-order valence-corrected chi connectivity index (χ4v) is 3.62. The Labute approximate surface area is 143 Å². The van der Waals surface area contributed by atoms with E-state index in [1.807, 2.05) is 30.0 Å². The van der Waals surface area contributed by atoms with Crippen molar-refractivity contribution in [2.45, 2.75) is 45.6 Å². The van der Waals surface area contributed by atoms with E-state index < -0.39 is 0 Å². The van der Waals surface area contributed by atoms with Crippen molar-refractivity contribution in [3.63, 3.8) is 0 Å². The molecule has 5 heteroatoms. The number of benzene rings is 1. The highest BCUT2D eigenvalue weighted by Gasteiger charge is 2.25. The van der Waals surface area contributed by atoms with E-state index in [-0.39, 0.29) is 17.7 Å². The average molecular weight is 329 g/mol. The molecule has 2 aliphatic heterocycles. The van der Waals surface area contributed by atoms with Gasteiger partial charge in [0, 0.05) is 30.4 Å². The van der Waals surface area contributed by atoms with Crippen LogP contribution in [-0.2, 0) is 4.79 Å². The number of carbonyl (C=O) groups is 2. The van der Waals surface area contributed by atoms with Crippen molar-refractivity contribution in [1.29, 1.82) is 0 Å². The lowest BCUT2D eigenvalue weighted by molar-refractivity contribution is -0.119. The number of amides is 2. The van der Waals surface area contributed by atoms with E-state index in [1.54, 1.807) is 0 Å². The zero-order chi connectivity index (χ0) is 17.1. The van der Waals surface area contributed by atoms with Crippen molar-refractivity contribution < 1.29 is 9.59 Å². The molecule has 2 aliphatic rings. The monoisotopic (exact) mass is 329 g/mol. The Balaban J connectivity index is 1.69. The van der Waals surface area contributed by atoms with Gasteiger partial charge in [-0.05, 0) is 69.8 Å². The van der Waals surface area contributed by atoms with E-state index in [4.69, 9.17) is 0 Å². The van der Waals surface area contributed by atoms with Crippen molar-refractivity contribution in [3.05, 3.63) is 29.3 Å². The van der Waals surface area contributed by atoms with Crippen LogP contribution in [0.5, 0.6) is 0 Å². The molecule has 2 N–H and O–H groups in total. The van der Waals surface area contributed by atoms with Gasteiger partial charge in [0.2, 0.25) is 5.91 Å². The SMILES string of the molecule is Cc1cc(C(=O)N2CCCCC2C)ccc1NC(=O)C1CCNC1. The zero-order valence-corrected chi connectivity index (χ0v) is 14.6. The van der Waals surface area contributed by atoms with Gasteiger partial charge in [-0.2, -0.15) is 0 Å². The number of carbonyl (C=O) groups excluding carboxylic acids is 2. The molecule has 1 aromatic rings. The lowest BCUT2D eigenvalue weighted by Crippen LogP contribution is -2.42. The first-order valence-electron chi connectivity index (χ1n) is 8.99. The van der Waals surface area contributed by atoms with Crippen LogP contribution in [0.2, 0.25) is 0 Å². The average Bonchev–Trinajstić information content (AvgIpc) is 3.11. The molecular formula is C19H27N3O2. The molecule has 2 amide bonds. The minimum Gasteiger partial charge on any atom is -0.336 e. The Morgan fingerprint density at radius 1 is 1.25 bits per heavy atom. The molecule has 0 bridgehead atoms. The fraction of sp³-hybridized carbons (Fsp3) is 0.579. The quantitative estimate of drug-likeness (QED) is 0.896. The third-order valence-electron chi connectivity index (χ3n) is 5.23. The van der Waals surface area contributed by atoms with E-state index in [1.165, 1.54) is 6.42 Å². The molecule has 2 fully saturated rings. The summed E-state index contributed by atoms with van der Waals surface area (Å²) in [5, 5.41) is 6.21. The van der Waals surface area contributed by atoms with Gasteiger partial charge in [0.1, 0.15) is 0 Å². The summed E-state index contributed by atoms with van der Waals surface area (Å²) in [6.45, 7) is 6.55. The summed E-state index contributed by atoms with van der Waals surface area (Å²) < 4.78 is 0. The van der Waals surface area contributed by atoms with Crippen LogP contribution < -0.4 is 10.6 Å². The number of hydrogen-bond acceptors (Lipinski definition) is 3. The first-order valence-corrected chi connectivity index (χ1v) is 8.99. The largest absolute Gasteiger partial charge is 0.336 e. The van der Waals surface area contributed by atoms with E-state index in [0.717, 1.165) is 50.1 Å². The van der Waals surface area contributed by atoms with Gasteiger partial charge >= 0.3 is 0 Å². The molecule has 0 spiro atoms. The third kappa shape index (κ3) is 3.61. The van der Waals surface area contributed by atoms with Crippen molar-refractivity contribution in [2.24, 2.45) is 5.92 Å². The Morgan fingerprint density at radius 3 is 2.75 bits per heavy atom. The number of nitrogens with zero attached hydrogens (tertiary/aromatic N) is 1. The Kier molecular flexibility index (Phi) is 5.19. The summed E-state index contributed by atoms with van der Waals surface area (Å²) in [6, 6.07) is 5.89. The van der Waals surface area contributed by atoms with Gasteiger partial charge in [0.15, 0.2) is 0 Å². The van der Waals surface area contributed by atoms with Gasteiger partial charge in [0.25, 0.3) is 5.91 Å². The van der Waals surface area contributed by atoms with Crippen LogP contribution in [0.15, 0.2) is 18.2 Å². The minimum atomic E-state index is 0.0416. The predicted molar refractivity (Wildman–Crippen MR) is 95.1 cm³/mol. The lowest BCUT2D eigenvalue weighted by atomic mass is 10.0.